The molecule has 0 bridgehead atoms. The highest BCUT2D eigenvalue weighted by atomic mass is 16.7. The van der Waals surface area contributed by atoms with Crippen LogP contribution in [0, 0.1) is 0 Å². The van der Waals surface area contributed by atoms with Gasteiger partial charge in [-0.05, 0) is 121 Å². The Morgan fingerprint density at radius 1 is 0.679 bits per heavy atom. The van der Waals surface area contributed by atoms with Gasteiger partial charge in [-0.25, -0.2) is 0 Å². The highest BCUT2D eigenvalue weighted by molar-refractivity contribution is 5.14. The number of allylic oxidation sites excluding steroid dienone is 8. The summed E-state index contributed by atoms with van der Waals surface area (Å²) in [6.45, 7) is 8.42. The maximum Gasteiger partial charge on any atom is 0.168 e. The Kier molecular flexibility index (Phi) is 31.3. The van der Waals surface area contributed by atoms with Gasteiger partial charge in [0.15, 0.2) is 5.79 Å². The third-order valence-electron chi connectivity index (χ3n) is 11.7. The molecule has 0 spiro atoms. The van der Waals surface area contributed by atoms with Crippen molar-refractivity contribution in [1.82, 2.24) is 9.88 Å². The summed E-state index contributed by atoms with van der Waals surface area (Å²) in [5, 5.41) is 0. The monoisotopic (exact) mass is 776 g/mol. The summed E-state index contributed by atoms with van der Waals surface area (Å²) in [5.41, 5.74) is 7.97. The molecule has 1 saturated heterocycles. The first kappa shape index (κ1) is 50.1. The van der Waals surface area contributed by atoms with E-state index in [4.69, 9.17) is 15.2 Å². The van der Waals surface area contributed by atoms with Crippen LogP contribution in [0.2, 0.25) is 0 Å². The van der Waals surface area contributed by atoms with Crippen LogP contribution >= 0.6 is 0 Å². The number of rotatable bonds is 37. The Morgan fingerprint density at radius 3 is 1.61 bits per heavy atom. The van der Waals surface area contributed by atoms with Crippen molar-refractivity contribution in [2.45, 2.75) is 225 Å². The molecule has 0 aliphatic carbocycles. The smallest absolute Gasteiger partial charge is 0.168 e. The average molecular weight is 776 g/mol. The summed E-state index contributed by atoms with van der Waals surface area (Å²) in [7, 11) is 2.15. The second kappa shape index (κ2) is 34.9. The van der Waals surface area contributed by atoms with Crippen LogP contribution in [0.3, 0.4) is 0 Å². The highest BCUT2D eigenvalue weighted by Crippen LogP contribution is 2.36. The van der Waals surface area contributed by atoms with Gasteiger partial charge < -0.3 is 15.2 Å². The average Bonchev–Trinajstić information content (AvgIpc) is 3.62. The second-order valence-corrected chi connectivity index (χ2v) is 16.9. The van der Waals surface area contributed by atoms with Gasteiger partial charge in [-0.1, -0.05) is 146 Å². The molecule has 5 nitrogen and oxygen atoms in total. The van der Waals surface area contributed by atoms with Gasteiger partial charge in [-0.15, -0.1) is 0 Å². The zero-order valence-corrected chi connectivity index (χ0v) is 37.2. The minimum atomic E-state index is -0.397. The number of unbranched alkanes of at least 4 members (excludes halogenated alkanes) is 18. The maximum absolute atomic E-state index is 6.86. The summed E-state index contributed by atoms with van der Waals surface area (Å²) in [6.07, 6.45) is 57.2. The molecule has 3 unspecified atom stereocenters. The summed E-state index contributed by atoms with van der Waals surface area (Å²) in [6, 6.07) is 4.20. The molecule has 0 aromatic carbocycles. The van der Waals surface area contributed by atoms with Gasteiger partial charge in [0.05, 0.1) is 18.9 Å². The van der Waals surface area contributed by atoms with Crippen LogP contribution in [0.25, 0.3) is 0 Å². The van der Waals surface area contributed by atoms with Crippen molar-refractivity contribution in [3.05, 3.63) is 78.7 Å². The van der Waals surface area contributed by atoms with Crippen LogP contribution < -0.4 is 5.73 Å². The van der Waals surface area contributed by atoms with Crippen molar-refractivity contribution < 1.29 is 9.47 Å². The number of aromatic nitrogens is 1. The molecule has 2 heterocycles. The van der Waals surface area contributed by atoms with Crippen molar-refractivity contribution in [3.63, 3.8) is 0 Å². The van der Waals surface area contributed by atoms with Crippen LogP contribution in [-0.2, 0) is 9.47 Å². The first-order chi connectivity index (χ1) is 27.5. The lowest BCUT2D eigenvalue weighted by Crippen LogP contribution is -2.41. The van der Waals surface area contributed by atoms with Crippen LogP contribution in [0.5, 0.6) is 0 Å². The molecule has 1 fully saturated rings. The maximum atomic E-state index is 6.86. The van der Waals surface area contributed by atoms with Crippen LogP contribution in [0.15, 0.2) is 73.1 Å². The number of hydrogen-bond acceptors (Lipinski definition) is 5. The van der Waals surface area contributed by atoms with E-state index in [2.05, 4.69) is 98.4 Å². The minimum Gasteiger partial charge on any atom is -0.347 e. The van der Waals surface area contributed by atoms with Gasteiger partial charge in [0, 0.05) is 31.8 Å². The lowest BCUT2D eigenvalue weighted by atomic mass is 9.97. The Labute approximate surface area is 347 Å². The SMILES string of the molecule is CCCCC/C=C\C/C=C\CCCCCCCCC1(CCCCCCCC/C=C\C/C=C\CCCCC)OCC(CCN(C)C(N)CC(C)c2ccncc2)O1. The summed E-state index contributed by atoms with van der Waals surface area (Å²) in [5.74, 6) is 0.00342. The highest BCUT2D eigenvalue weighted by Gasteiger charge is 2.40. The fourth-order valence-corrected chi connectivity index (χ4v) is 7.79. The molecule has 56 heavy (non-hydrogen) atoms. The van der Waals surface area contributed by atoms with Crippen molar-refractivity contribution >= 4 is 0 Å². The predicted octanol–water partition coefficient (Wildman–Crippen LogP) is 14.7. The van der Waals surface area contributed by atoms with Crippen LogP contribution in [0.1, 0.15) is 212 Å². The zero-order valence-electron chi connectivity index (χ0n) is 37.2. The summed E-state index contributed by atoms with van der Waals surface area (Å²) in [4.78, 5) is 6.47. The van der Waals surface area contributed by atoms with E-state index in [-0.39, 0.29) is 12.3 Å². The van der Waals surface area contributed by atoms with E-state index in [0.29, 0.717) is 12.5 Å². The molecule has 1 aliphatic rings. The Hall–Kier alpha value is -2.05. The molecule has 0 radical (unpaired) electrons. The van der Waals surface area contributed by atoms with Crippen LogP contribution in [0.4, 0.5) is 0 Å². The molecule has 5 heteroatoms. The largest absolute Gasteiger partial charge is 0.347 e. The van der Waals surface area contributed by atoms with Gasteiger partial charge in [0.1, 0.15) is 0 Å². The Balaban J connectivity index is 1.68. The lowest BCUT2D eigenvalue weighted by Gasteiger charge is -2.30. The molecular weight excluding hydrogens is 687 g/mol. The number of hydrogen-bond donors (Lipinski definition) is 1. The first-order valence-electron chi connectivity index (χ1n) is 23.8. The number of ether oxygens (including phenoxy) is 2. The minimum absolute atomic E-state index is 0.0156. The van der Waals surface area contributed by atoms with E-state index in [1.54, 1.807) is 0 Å². The lowest BCUT2D eigenvalue weighted by molar-refractivity contribution is -0.180. The third-order valence-corrected chi connectivity index (χ3v) is 11.7. The normalized spacial score (nSPS) is 17.1. The van der Waals surface area contributed by atoms with Crippen molar-refractivity contribution in [3.8, 4) is 0 Å². The van der Waals surface area contributed by atoms with E-state index in [9.17, 15) is 0 Å². The van der Waals surface area contributed by atoms with Gasteiger partial charge in [0.2, 0.25) is 0 Å². The second-order valence-electron chi connectivity index (χ2n) is 16.9. The number of nitrogens with two attached hydrogens (primary N) is 1. The number of nitrogens with zero attached hydrogens (tertiary/aromatic N) is 2. The number of pyridine rings is 1. The third kappa shape index (κ3) is 26.1. The molecule has 320 valence electrons. The van der Waals surface area contributed by atoms with E-state index in [0.717, 1.165) is 45.1 Å². The zero-order chi connectivity index (χ0) is 40.2. The molecular formula is C51H89N3O2. The quantitative estimate of drug-likeness (QED) is 0.0414. The molecule has 2 N–H and O–H groups in total. The molecule has 3 atom stereocenters. The van der Waals surface area contributed by atoms with E-state index in [1.165, 1.54) is 147 Å². The van der Waals surface area contributed by atoms with Crippen molar-refractivity contribution in [2.75, 3.05) is 20.2 Å². The predicted molar refractivity (Wildman–Crippen MR) is 244 cm³/mol. The molecule has 0 saturated carbocycles. The molecule has 0 amide bonds. The Morgan fingerprint density at radius 2 is 1.12 bits per heavy atom. The van der Waals surface area contributed by atoms with E-state index < -0.39 is 5.79 Å². The van der Waals surface area contributed by atoms with Crippen molar-refractivity contribution in [1.29, 1.82) is 0 Å². The van der Waals surface area contributed by atoms with Crippen LogP contribution in [-0.4, -0.2) is 48.1 Å². The van der Waals surface area contributed by atoms with Crippen molar-refractivity contribution in [2.24, 2.45) is 5.73 Å². The molecule has 1 aromatic rings. The first-order valence-corrected chi connectivity index (χ1v) is 23.8. The summed E-state index contributed by atoms with van der Waals surface area (Å²) < 4.78 is 13.5. The molecule has 2 rings (SSSR count). The topological polar surface area (TPSA) is 60.6 Å². The fraction of sp³-hybridized carbons (Fsp3) is 0.745. The Bertz CT molecular complexity index is 1080. The summed E-state index contributed by atoms with van der Waals surface area (Å²) >= 11 is 0. The van der Waals surface area contributed by atoms with Gasteiger partial charge >= 0.3 is 0 Å². The molecule has 1 aromatic heterocycles. The molecule has 1 aliphatic heterocycles. The van der Waals surface area contributed by atoms with Gasteiger partial charge in [-0.3, -0.25) is 9.88 Å². The van der Waals surface area contributed by atoms with Gasteiger partial charge in [-0.2, -0.15) is 0 Å². The fourth-order valence-electron chi connectivity index (χ4n) is 7.79. The standard InChI is InChI=1S/C51H89N3O2/c1-5-7-9-11-13-15-17-19-21-23-25-27-29-31-33-35-40-51(41-36-34-32-30-28-26-24-22-20-18-16-14-12-10-8-6-2)55-46-49(56-51)39-44-54(4)50(52)45-47(3)48-37-42-53-43-38-48/h13-16,19-22,37-38,42-43,47,49-50H,5-12,17-18,23-36,39-41,44-46,52H2,1-4H3/b15-13-,16-14-,21-19-,22-20-. The van der Waals surface area contributed by atoms with E-state index in [1.807, 2.05) is 12.4 Å². The van der Waals surface area contributed by atoms with E-state index >= 15 is 0 Å². The van der Waals surface area contributed by atoms with Gasteiger partial charge in [0.25, 0.3) is 0 Å².